The van der Waals surface area contributed by atoms with Crippen LogP contribution >= 0.6 is 0 Å². The molecule has 0 saturated heterocycles. The Labute approximate surface area is 240 Å². The summed E-state index contributed by atoms with van der Waals surface area (Å²) in [6.07, 6.45) is 3.93. The Morgan fingerprint density at radius 2 is 0.976 bits per heavy atom. The van der Waals surface area contributed by atoms with Gasteiger partial charge in [0.1, 0.15) is 0 Å². The van der Waals surface area contributed by atoms with Crippen LogP contribution in [0, 0.1) is 0 Å². The third-order valence-corrected chi connectivity index (χ3v) is 9.12. The minimum atomic E-state index is 1.14. The van der Waals surface area contributed by atoms with Crippen LogP contribution in [0.4, 0.5) is 0 Å². The Bertz CT molecular complexity index is 2600. The van der Waals surface area contributed by atoms with Gasteiger partial charge in [0.05, 0.1) is 22.1 Å². The molecule has 0 N–H and O–H groups in total. The maximum absolute atomic E-state index is 4.57. The lowest BCUT2D eigenvalue weighted by atomic mass is 9.92. The first-order chi connectivity index (χ1) is 20.8. The summed E-state index contributed by atoms with van der Waals surface area (Å²) in [6.45, 7) is 0. The molecular weight excluding hydrogens is 510 g/mol. The van der Waals surface area contributed by atoms with Gasteiger partial charge in [-0.25, -0.2) is 0 Å². The van der Waals surface area contributed by atoms with E-state index in [1.165, 1.54) is 75.9 Å². The Morgan fingerprint density at radius 1 is 0.381 bits per heavy atom. The number of pyridine rings is 1. The number of fused-ring (bicyclic) bond motifs is 7. The van der Waals surface area contributed by atoms with Crippen molar-refractivity contribution < 1.29 is 0 Å². The van der Waals surface area contributed by atoms with E-state index in [4.69, 9.17) is 0 Å². The molecule has 3 heteroatoms. The number of para-hydroxylation sites is 2. The minimum absolute atomic E-state index is 1.14. The minimum Gasteiger partial charge on any atom is -0.309 e. The molecule has 0 aliphatic carbocycles. The van der Waals surface area contributed by atoms with Crippen molar-refractivity contribution in [2.45, 2.75) is 0 Å². The van der Waals surface area contributed by atoms with Crippen LogP contribution in [-0.2, 0) is 0 Å². The number of aromatic nitrogens is 3. The Kier molecular flexibility index (Phi) is 4.18. The van der Waals surface area contributed by atoms with Gasteiger partial charge < -0.3 is 9.13 Å². The van der Waals surface area contributed by atoms with Crippen LogP contribution in [0.25, 0.3) is 87.3 Å². The molecule has 7 aromatic carbocycles. The second kappa shape index (κ2) is 7.96. The van der Waals surface area contributed by atoms with E-state index in [0.717, 1.165) is 11.4 Å². The Morgan fingerprint density at radius 3 is 1.69 bits per heavy atom. The molecule has 0 spiro atoms. The Balaban J connectivity index is 1.26. The molecule has 0 aliphatic heterocycles. The molecule has 3 aromatic heterocycles. The largest absolute Gasteiger partial charge is 0.309 e. The van der Waals surface area contributed by atoms with Crippen molar-refractivity contribution in [3.05, 3.63) is 140 Å². The van der Waals surface area contributed by atoms with Crippen LogP contribution in [0.1, 0.15) is 0 Å². The fourth-order valence-corrected chi connectivity index (χ4v) is 7.39. The topological polar surface area (TPSA) is 22.8 Å². The van der Waals surface area contributed by atoms with Gasteiger partial charge in [0, 0.05) is 45.3 Å². The predicted molar refractivity (Wildman–Crippen MR) is 177 cm³/mol. The molecule has 0 radical (unpaired) electrons. The average molecular weight is 534 g/mol. The summed E-state index contributed by atoms with van der Waals surface area (Å²) in [5, 5.41) is 12.8. The van der Waals surface area contributed by atoms with Crippen LogP contribution in [0.3, 0.4) is 0 Å². The molecule has 194 valence electrons. The highest BCUT2D eigenvalue weighted by molar-refractivity contribution is 6.32. The zero-order valence-corrected chi connectivity index (χ0v) is 22.6. The highest BCUT2D eigenvalue weighted by atomic mass is 15.0. The molecule has 3 heterocycles. The van der Waals surface area contributed by atoms with Crippen molar-refractivity contribution in [3.63, 3.8) is 0 Å². The molecule has 0 bridgehead atoms. The van der Waals surface area contributed by atoms with E-state index in [1.54, 1.807) is 0 Å². The molecule has 0 aliphatic rings. The summed E-state index contributed by atoms with van der Waals surface area (Å²) < 4.78 is 4.77. The molecular formula is C39H23N3. The monoisotopic (exact) mass is 533 g/mol. The quantitative estimate of drug-likeness (QED) is 0.203. The number of hydrogen-bond acceptors (Lipinski definition) is 1. The van der Waals surface area contributed by atoms with Gasteiger partial charge in [0.25, 0.3) is 0 Å². The molecule has 42 heavy (non-hydrogen) atoms. The van der Waals surface area contributed by atoms with E-state index < -0.39 is 0 Å². The summed E-state index contributed by atoms with van der Waals surface area (Å²) >= 11 is 0. The molecule has 0 fully saturated rings. The first-order valence-corrected chi connectivity index (χ1v) is 14.4. The highest BCUT2D eigenvalue weighted by Gasteiger charge is 2.19. The van der Waals surface area contributed by atoms with Crippen LogP contribution < -0.4 is 0 Å². The standard InChI is InChI=1S/C39H23N3/c1-3-10-33-29(8-1)30-9-2-4-11-34(30)41(33)27-15-17-28(18-16-27)42-35-20-21-40-23-32(35)39-31-19-14-25-7-5-6-24-12-13-26(22-36(39)42)38(31)37(24)25/h1-23H. The van der Waals surface area contributed by atoms with Crippen LogP contribution in [-0.4, -0.2) is 14.1 Å². The van der Waals surface area contributed by atoms with E-state index in [-0.39, 0.29) is 0 Å². The van der Waals surface area contributed by atoms with E-state index in [9.17, 15) is 0 Å². The van der Waals surface area contributed by atoms with Crippen molar-refractivity contribution in [2.24, 2.45) is 0 Å². The second-order valence-corrected chi connectivity index (χ2v) is 11.2. The molecule has 10 aromatic rings. The normalized spacial score (nSPS) is 12.3. The van der Waals surface area contributed by atoms with Gasteiger partial charge in [-0.3, -0.25) is 4.98 Å². The maximum Gasteiger partial charge on any atom is 0.0572 e. The summed E-state index contributed by atoms with van der Waals surface area (Å²) in [4.78, 5) is 4.57. The van der Waals surface area contributed by atoms with Crippen LogP contribution in [0.5, 0.6) is 0 Å². The van der Waals surface area contributed by atoms with Gasteiger partial charge in [-0.15, -0.1) is 0 Å². The highest BCUT2D eigenvalue weighted by Crippen LogP contribution is 2.43. The lowest BCUT2D eigenvalue weighted by molar-refractivity contribution is 1.14. The van der Waals surface area contributed by atoms with E-state index >= 15 is 0 Å². The molecule has 0 unspecified atom stereocenters. The molecule has 0 amide bonds. The fourth-order valence-electron chi connectivity index (χ4n) is 7.39. The predicted octanol–water partition coefficient (Wildman–Crippen LogP) is 10.2. The van der Waals surface area contributed by atoms with Gasteiger partial charge in [-0.2, -0.15) is 0 Å². The molecule has 3 nitrogen and oxygen atoms in total. The molecule has 0 saturated carbocycles. The summed E-state index contributed by atoms with van der Waals surface area (Å²) in [5.41, 5.74) is 7.10. The van der Waals surface area contributed by atoms with E-state index in [0.29, 0.717) is 0 Å². The smallest absolute Gasteiger partial charge is 0.0572 e. The lowest BCUT2D eigenvalue weighted by Crippen LogP contribution is -1.97. The zero-order valence-electron chi connectivity index (χ0n) is 22.6. The average Bonchev–Trinajstić information content (AvgIpc) is 3.56. The van der Waals surface area contributed by atoms with Gasteiger partial charge in [-0.1, -0.05) is 78.9 Å². The third-order valence-electron chi connectivity index (χ3n) is 9.12. The number of nitrogens with zero attached hydrogens (tertiary/aromatic N) is 3. The number of rotatable bonds is 2. The number of hydrogen-bond donors (Lipinski definition) is 0. The maximum atomic E-state index is 4.57. The van der Waals surface area contributed by atoms with E-state index in [2.05, 4.69) is 142 Å². The summed E-state index contributed by atoms with van der Waals surface area (Å²) in [5.74, 6) is 0. The molecule has 10 rings (SSSR count). The first kappa shape index (κ1) is 22.1. The van der Waals surface area contributed by atoms with Crippen molar-refractivity contribution >= 4 is 75.9 Å². The van der Waals surface area contributed by atoms with Crippen LogP contribution in [0.2, 0.25) is 0 Å². The SMILES string of the molecule is c1cc2ccc3cc4c(c5ccc(c1)c2c35)c1cnccc1n4-c1ccc(-n2c3ccccc3c3ccccc32)cc1. The van der Waals surface area contributed by atoms with Gasteiger partial charge >= 0.3 is 0 Å². The Hall–Kier alpha value is -5.67. The van der Waals surface area contributed by atoms with Gasteiger partial charge in [0.15, 0.2) is 0 Å². The van der Waals surface area contributed by atoms with Crippen molar-refractivity contribution in [2.75, 3.05) is 0 Å². The molecule has 0 atom stereocenters. The van der Waals surface area contributed by atoms with Crippen molar-refractivity contribution in [3.8, 4) is 11.4 Å². The first-order valence-electron chi connectivity index (χ1n) is 14.4. The summed E-state index contributed by atoms with van der Waals surface area (Å²) in [7, 11) is 0. The van der Waals surface area contributed by atoms with Crippen molar-refractivity contribution in [1.82, 2.24) is 14.1 Å². The second-order valence-electron chi connectivity index (χ2n) is 11.2. The zero-order chi connectivity index (χ0) is 27.4. The third kappa shape index (κ3) is 2.77. The lowest BCUT2D eigenvalue weighted by Gasteiger charge is -2.14. The fraction of sp³-hybridized carbons (Fsp3) is 0. The van der Waals surface area contributed by atoms with Gasteiger partial charge in [0.2, 0.25) is 0 Å². The van der Waals surface area contributed by atoms with Crippen LogP contribution in [0.15, 0.2) is 140 Å². The summed E-state index contributed by atoms with van der Waals surface area (Å²) in [6, 6.07) is 46.5. The number of benzene rings is 7. The van der Waals surface area contributed by atoms with E-state index in [1.807, 2.05) is 12.4 Å². The van der Waals surface area contributed by atoms with Crippen molar-refractivity contribution in [1.29, 1.82) is 0 Å². The van der Waals surface area contributed by atoms with Gasteiger partial charge in [-0.05, 0) is 80.8 Å².